The molecular weight excluding hydrogens is 442 g/mol. The van der Waals surface area contributed by atoms with Crippen molar-refractivity contribution in [1.82, 2.24) is 0 Å². The van der Waals surface area contributed by atoms with Gasteiger partial charge >= 0.3 is 6.18 Å². The number of halogens is 4. The van der Waals surface area contributed by atoms with Gasteiger partial charge in [-0.2, -0.15) is 13.2 Å². The molecular formula is C20H19F4NO5S. The molecule has 0 aliphatic carbocycles. The smallest absolute Gasteiger partial charge is 0.419 e. The minimum atomic E-state index is -4.94. The summed E-state index contributed by atoms with van der Waals surface area (Å²) in [5.41, 5.74) is -2.03. The van der Waals surface area contributed by atoms with Crippen molar-refractivity contribution in [3.05, 3.63) is 53.3 Å². The summed E-state index contributed by atoms with van der Waals surface area (Å²) in [6.07, 6.45) is -4.34. The molecule has 1 heterocycles. The van der Waals surface area contributed by atoms with Crippen LogP contribution in [0.25, 0.3) is 0 Å². The molecule has 1 aliphatic rings. The standard InChI is InChI=1S/C20H19F4NO5S/c1-29-18-5-3-14(31(27,28)11-12-6-7-30-10-12)9-15(18)19(26)25-13-2-4-17(21)16(8-13)20(22,23)24/h2-5,8-9,12H,6-7,10-11H2,1H3,(H,25,26)/t12-/m0/s1. The second-order valence-corrected chi connectivity index (χ2v) is 9.05. The molecule has 3 rings (SSSR count). The number of alkyl halides is 3. The van der Waals surface area contributed by atoms with Crippen LogP contribution >= 0.6 is 0 Å². The average Bonchev–Trinajstić information content (AvgIpc) is 3.20. The maximum absolute atomic E-state index is 13.5. The Labute approximate surface area is 176 Å². The van der Waals surface area contributed by atoms with Gasteiger partial charge in [-0.1, -0.05) is 0 Å². The monoisotopic (exact) mass is 461 g/mol. The summed E-state index contributed by atoms with van der Waals surface area (Å²) in [6, 6.07) is 5.70. The third-order valence-electron chi connectivity index (χ3n) is 4.78. The Kier molecular flexibility index (Phi) is 6.56. The van der Waals surface area contributed by atoms with Gasteiger partial charge in [0.25, 0.3) is 5.91 Å². The van der Waals surface area contributed by atoms with E-state index < -0.39 is 33.3 Å². The summed E-state index contributed by atoms with van der Waals surface area (Å²) in [6.45, 7) is 0.808. The zero-order chi connectivity index (χ0) is 22.8. The van der Waals surface area contributed by atoms with Crippen molar-refractivity contribution in [2.24, 2.45) is 5.92 Å². The number of ether oxygens (including phenoxy) is 2. The zero-order valence-electron chi connectivity index (χ0n) is 16.3. The molecule has 1 amide bonds. The van der Waals surface area contributed by atoms with E-state index in [4.69, 9.17) is 9.47 Å². The molecule has 0 spiro atoms. The Morgan fingerprint density at radius 3 is 2.58 bits per heavy atom. The highest BCUT2D eigenvalue weighted by Gasteiger charge is 2.34. The first-order valence-corrected chi connectivity index (χ1v) is 10.8. The van der Waals surface area contributed by atoms with Gasteiger partial charge < -0.3 is 14.8 Å². The summed E-state index contributed by atoms with van der Waals surface area (Å²) in [5.74, 6) is -2.68. The van der Waals surface area contributed by atoms with Crippen LogP contribution in [0, 0.1) is 11.7 Å². The number of hydrogen-bond donors (Lipinski definition) is 1. The largest absolute Gasteiger partial charge is 0.496 e. The minimum absolute atomic E-state index is 0.0267. The lowest BCUT2D eigenvalue weighted by Crippen LogP contribution is -2.18. The SMILES string of the molecule is COc1ccc(S(=O)(=O)C[C@H]2CCOC2)cc1C(=O)Nc1ccc(F)c(C(F)(F)F)c1. The summed E-state index contributed by atoms with van der Waals surface area (Å²) in [7, 11) is -2.48. The van der Waals surface area contributed by atoms with E-state index in [1.807, 2.05) is 0 Å². The summed E-state index contributed by atoms with van der Waals surface area (Å²) < 4.78 is 87.9. The van der Waals surface area contributed by atoms with E-state index in [1.54, 1.807) is 0 Å². The lowest BCUT2D eigenvalue weighted by atomic mass is 10.1. The molecule has 1 aliphatic heterocycles. The van der Waals surface area contributed by atoms with E-state index in [1.165, 1.54) is 19.2 Å². The summed E-state index contributed by atoms with van der Waals surface area (Å²) >= 11 is 0. The number of carbonyl (C=O) groups is 1. The van der Waals surface area contributed by atoms with Crippen LogP contribution in [0.1, 0.15) is 22.3 Å². The van der Waals surface area contributed by atoms with Gasteiger partial charge in [-0.25, -0.2) is 12.8 Å². The van der Waals surface area contributed by atoms with Gasteiger partial charge in [-0.3, -0.25) is 4.79 Å². The number of nitrogens with one attached hydrogen (secondary N) is 1. The second kappa shape index (κ2) is 8.83. The number of methoxy groups -OCH3 is 1. The molecule has 31 heavy (non-hydrogen) atoms. The van der Waals surface area contributed by atoms with Crippen LogP contribution in [0.2, 0.25) is 0 Å². The fourth-order valence-corrected chi connectivity index (χ4v) is 4.85. The van der Waals surface area contributed by atoms with Crippen molar-refractivity contribution >= 4 is 21.4 Å². The number of hydrogen-bond acceptors (Lipinski definition) is 5. The lowest BCUT2D eigenvalue weighted by molar-refractivity contribution is -0.139. The highest BCUT2D eigenvalue weighted by Crippen LogP contribution is 2.33. The molecule has 1 fully saturated rings. The maximum atomic E-state index is 13.5. The maximum Gasteiger partial charge on any atom is 0.419 e. The molecule has 1 atom stereocenters. The first-order chi connectivity index (χ1) is 14.5. The normalized spacial score (nSPS) is 16.9. The van der Waals surface area contributed by atoms with Gasteiger partial charge in [0.15, 0.2) is 9.84 Å². The number of sulfone groups is 1. The van der Waals surface area contributed by atoms with Crippen molar-refractivity contribution in [2.75, 3.05) is 31.4 Å². The predicted octanol–water partition coefficient (Wildman–Crippen LogP) is 3.92. The van der Waals surface area contributed by atoms with Gasteiger partial charge in [0.05, 0.1) is 35.5 Å². The molecule has 0 bridgehead atoms. The van der Waals surface area contributed by atoms with Crippen molar-refractivity contribution in [3.63, 3.8) is 0 Å². The molecule has 6 nitrogen and oxygen atoms in total. The number of carbonyl (C=O) groups excluding carboxylic acids is 1. The zero-order valence-corrected chi connectivity index (χ0v) is 17.1. The van der Waals surface area contributed by atoms with E-state index in [0.717, 1.165) is 12.1 Å². The summed E-state index contributed by atoms with van der Waals surface area (Å²) in [4.78, 5) is 12.6. The Bertz CT molecular complexity index is 1080. The van der Waals surface area contributed by atoms with Crippen LogP contribution in [0.5, 0.6) is 5.75 Å². The van der Waals surface area contributed by atoms with Crippen LogP contribution in [0.15, 0.2) is 41.3 Å². The van der Waals surface area contributed by atoms with Crippen molar-refractivity contribution < 1.29 is 40.2 Å². The molecule has 0 saturated carbocycles. The van der Waals surface area contributed by atoms with Crippen molar-refractivity contribution in [1.29, 1.82) is 0 Å². The average molecular weight is 461 g/mol. The van der Waals surface area contributed by atoms with Crippen molar-refractivity contribution in [2.45, 2.75) is 17.5 Å². The Morgan fingerprint density at radius 1 is 1.23 bits per heavy atom. The van der Waals surface area contributed by atoms with E-state index in [2.05, 4.69) is 5.32 Å². The quantitative estimate of drug-likeness (QED) is 0.660. The first-order valence-electron chi connectivity index (χ1n) is 9.18. The molecule has 2 aromatic rings. The molecule has 0 unspecified atom stereocenters. The van der Waals surface area contributed by atoms with Crippen LogP contribution in [-0.2, 0) is 20.8 Å². The molecule has 1 saturated heterocycles. The van der Waals surface area contributed by atoms with Crippen LogP contribution < -0.4 is 10.1 Å². The van der Waals surface area contributed by atoms with Crippen LogP contribution in [0.3, 0.4) is 0 Å². The molecule has 1 N–H and O–H groups in total. The lowest BCUT2D eigenvalue weighted by Gasteiger charge is -2.14. The topological polar surface area (TPSA) is 81.7 Å². The number of rotatable bonds is 6. The fraction of sp³-hybridized carbons (Fsp3) is 0.350. The third kappa shape index (κ3) is 5.34. The molecule has 0 radical (unpaired) electrons. The van der Waals surface area contributed by atoms with Crippen LogP contribution in [-0.4, -0.2) is 40.4 Å². The molecule has 168 valence electrons. The van der Waals surface area contributed by atoms with Gasteiger partial charge in [-0.05, 0) is 48.7 Å². The Morgan fingerprint density at radius 2 is 1.97 bits per heavy atom. The van der Waals surface area contributed by atoms with Gasteiger partial charge in [0.2, 0.25) is 0 Å². The van der Waals surface area contributed by atoms with Crippen molar-refractivity contribution in [3.8, 4) is 5.75 Å². The highest BCUT2D eigenvalue weighted by atomic mass is 32.2. The fourth-order valence-electron chi connectivity index (χ4n) is 3.20. The van der Waals surface area contributed by atoms with Gasteiger partial charge in [0.1, 0.15) is 11.6 Å². The number of benzene rings is 2. The molecule has 0 aromatic heterocycles. The molecule has 11 heteroatoms. The second-order valence-electron chi connectivity index (χ2n) is 7.02. The minimum Gasteiger partial charge on any atom is -0.496 e. The third-order valence-corrected chi connectivity index (χ3v) is 6.67. The van der Waals surface area contributed by atoms with Gasteiger partial charge in [0, 0.05) is 12.3 Å². The van der Waals surface area contributed by atoms with E-state index in [9.17, 15) is 30.8 Å². The summed E-state index contributed by atoms with van der Waals surface area (Å²) in [5, 5.41) is 2.22. The Hall–Kier alpha value is -2.66. The van der Waals surface area contributed by atoms with Crippen LogP contribution in [0.4, 0.5) is 23.2 Å². The van der Waals surface area contributed by atoms with E-state index >= 15 is 0 Å². The predicted molar refractivity (Wildman–Crippen MR) is 103 cm³/mol. The highest BCUT2D eigenvalue weighted by molar-refractivity contribution is 7.91. The van der Waals surface area contributed by atoms with Gasteiger partial charge in [-0.15, -0.1) is 0 Å². The molecule has 2 aromatic carbocycles. The first kappa shape index (κ1) is 23.0. The number of amides is 1. The Balaban J connectivity index is 1.89. The van der Waals surface area contributed by atoms with E-state index in [-0.39, 0.29) is 33.6 Å². The number of anilines is 1. The van der Waals surface area contributed by atoms with E-state index in [0.29, 0.717) is 31.8 Å².